The van der Waals surface area contributed by atoms with Crippen LogP contribution in [0.3, 0.4) is 0 Å². The van der Waals surface area contributed by atoms with Crippen molar-refractivity contribution in [2.45, 2.75) is 13.3 Å². The summed E-state index contributed by atoms with van der Waals surface area (Å²) in [6, 6.07) is 5.34. The van der Waals surface area contributed by atoms with Gasteiger partial charge in [-0.3, -0.25) is 4.79 Å². The molecule has 3 nitrogen and oxygen atoms in total. The molecule has 5 heteroatoms. The summed E-state index contributed by atoms with van der Waals surface area (Å²) in [5.74, 6) is -0.823. The third kappa shape index (κ3) is 3.29. The summed E-state index contributed by atoms with van der Waals surface area (Å²) >= 11 is 12.0. The van der Waals surface area contributed by atoms with Crippen molar-refractivity contribution < 1.29 is 9.90 Å². The molecule has 0 aliphatic carbocycles. The van der Waals surface area contributed by atoms with E-state index in [2.05, 4.69) is 0 Å². The first-order chi connectivity index (χ1) is 7.56. The number of aliphatic carboxylic acids is 1. The Morgan fingerprint density at radius 2 is 2.12 bits per heavy atom. The van der Waals surface area contributed by atoms with Crippen LogP contribution in [0.15, 0.2) is 18.2 Å². The van der Waals surface area contributed by atoms with Crippen molar-refractivity contribution in [1.82, 2.24) is 0 Å². The second-order valence-corrected chi connectivity index (χ2v) is 4.08. The second-order valence-electron chi connectivity index (χ2n) is 3.30. The zero-order chi connectivity index (χ0) is 12.1. The van der Waals surface area contributed by atoms with Crippen molar-refractivity contribution in [1.29, 1.82) is 0 Å². The molecular weight excluding hydrogens is 249 g/mol. The Kier molecular flexibility index (Phi) is 4.90. The number of carboxylic acids is 1. The van der Waals surface area contributed by atoms with E-state index in [1.54, 1.807) is 12.1 Å². The molecule has 0 spiro atoms. The molecule has 0 radical (unpaired) electrons. The van der Waals surface area contributed by atoms with Crippen molar-refractivity contribution in [3.05, 3.63) is 28.2 Å². The minimum Gasteiger partial charge on any atom is -0.481 e. The number of hydrogen-bond acceptors (Lipinski definition) is 2. The fraction of sp³-hybridized carbons (Fsp3) is 0.364. The monoisotopic (exact) mass is 261 g/mol. The molecule has 0 aliphatic heterocycles. The van der Waals surface area contributed by atoms with Gasteiger partial charge in [0.2, 0.25) is 0 Å². The van der Waals surface area contributed by atoms with Crippen LogP contribution in [0.4, 0.5) is 5.69 Å². The van der Waals surface area contributed by atoms with Gasteiger partial charge in [0.15, 0.2) is 0 Å². The molecule has 0 amide bonds. The third-order valence-electron chi connectivity index (χ3n) is 2.25. The van der Waals surface area contributed by atoms with Gasteiger partial charge in [0.1, 0.15) is 0 Å². The number of nitrogens with zero attached hydrogens (tertiary/aromatic N) is 1. The van der Waals surface area contributed by atoms with Crippen molar-refractivity contribution in [3.8, 4) is 0 Å². The van der Waals surface area contributed by atoms with E-state index < -0.39 is 5.97 Å². The predicted octanol–water partition coefficient (Wildman–Crippen LogP) is 3.29. The van der Waals surface area contributed by atoms with Gasteiger partial charge in [-0.15, -0.1) is 0 Å². The molecule has 1 rings (SSSR count). The van der Waals surface area contributed by atoms with E-state index in [-0.39, 0.29) is 6.42 Å². The first-order valence-corrected chi connectivity index (χ1v) is 5.72. The number of benzene rings is 1. The van der Waals surface area contributed by atoms with E-state index in [0.717, 1.165) is 5.69 Å². The molecule has 0 unspecified atom stereocenters. The normalized spacial score (nSPS) is 10.2. The highest BCUT2D eigenvalue weighted by Crippen LogP contribution is 2.32. The van der Waals surface area contributed by atoms with Crippen LogP contribution in [0, 0.1) is 0 Å². The molecule has 0 saturated carbocycles. The Hall–Kier alpha value is -0.930. The van der Waals surface area contributed by atoms with Crippen molar-refractivity contribution in [3.63, 3.8) is 0 Å². The Morgan fingerprint density at radius 3 is 2.69 bits per heavy atom. The molecule has 1 aromatic rings. The Balaban J connectivity index is 2.86. The lowest BCUT2D eigenvalue weighted by Crippen LogP contribution is -2.26. The molecule has 1 N–H and O–H groups in total. The predicted molar refractivity (Wildman–Crippen MR) is 66.6 cm³/mol. The summed E-state index contributed by atoms with van der Waals surface area (Å²) in [5, 5.41) is 9.59. The smallest absolute Gasteiger partial charge is 0.305 e. The molecule has 88 valence electrons. The van der Waals surface area contributed by atoms with Crippen molar-refractivity contribution in [2.75, 3.05) is 18.0 Å². The Morgan fingerprint density at radius 1 is 1.44 bits per heavy atom. The van der Waals surface area contributed by atoms with Gasteiger partial charge in [-0.25, -0.2) is 0 Å². The number of hydrogen-bond donors (Lipinski definition) is 1. The third-order valence-corrected chi connectivity index (χ3v) is 3.06. The first kappa shape index (κ1) is 13.1. The average molecular weight is 262 g/mol. The highest BCUT2D eigenvalue weighted by Gasteiger charge is 2.11. The molecule has 0 saturated heterocycles. The van der Waals surface area contributed by atoms with Crippen molar-refractivity contribution >= 4 is 34.9 Å². The Labute approximate surface area is 105 Å². The molecule has 0 heterocycles. The molecule has 1 aromatic carbocycles. The lowest BCUT2D eigenvalue weighted by Gasteiger charge is -2.23. The van der Waals surface area contributed by atoms with E-state index in [0.29, 0.717) is 23.1 Å². The number of anilines is 1. The van der Waals surface area contributed by atoms with Gasteiger partial charge >= 0.3 is 5.97 Å². The Bertz CT molecular complexity index is 382. The maximum Gasteiger partial charge on any atom is 0.305 e. The zero-order valence-electron chi connectivity index (χ0n) is 8.91. The van der Waals surface area contributed by atoms with E-state index in [4.69, 9.17) is 28.3 Å². The first-order valence-electron chi connectivity index (χ1n) is 4.97. The van der Waals surface area contributed by atoms with E-state index in [1.807, 2.05) is 17.9 Å². The number of rotatable bonds is 5. The van der Waals surface area contributed by atoms with Gasteiger partial charge in [0.25, 0.3) is 0 Å². The minimum atomic E-state index is -0.823. The van der Waals surface area contributed by atoms with Crippen LogP contribution in [-0.4, -0.2) is 24.2 Å². The maximum absolute atomic E-state index is 10.5. The fourth-order valence-corrected chi connectivity index (χ4v) is 1.83. The van der Waals surface area contributed by atoms with E-state index >= 15 is 0 Å². The summed E-state index contributed by atoms with van der Waals surface area (Å²) in [6.07, 6.45) is 0.0800. The van der Waals surface area contributed by atoms with Crippen LogP contribution >= 0.6 is 23.2 Å². The number of carbonyl (C=O) groups is 1. The van der Waals surface area contributed by atoms with Crippen LogP contribution in [0.5, 0.6) is 0 Å². The molecule has 16 heavy (non-hydrogen) atoms. The summed E-state index contributed by atoms with van der Waals surface area (Å²) in [4.78, 5) is 12.4. The SMILES string of the molecule is CCN(CCC(=O)O)c1cccc(Cl)c1Cl. The standard InChI is InChI=1S/C11H13Cl2NO2/c1-2-14(7-6-10(15)16)9-5-3-4-8(12)11(9)13/h3-5H,2,6-7H2,1H3,(H,15,16). The lowest BCUT2D eigenvalue weighted by molar-refractivity contribution is -0.136. The van der Waals surface area contributed by atoms with Gasteiger partial charge in [-0.2, -0.15) is 0 Å². The second kappa shape index (κ2) is 5.97. The van der Waals surface area contributed by atoms with Crippen LogP contribution in [0.1, 0.15) is 13.3 Å². The molecule has 0 fully saturated rings. The summed E-state index contributed by atoms with van der Waals surface area (Å²) < 4.78 is 0. The zero-order valence-corrected chi connectivity index (χ0v) is 10.4. The molecule has 0 atom stereocenters. The molecule has 0 aliphatic rings. The van der Waals surface area contributed by atoms with Crippen LogP contribution < -0.4 is 4.90 Å². The van der Waals surface area contributed by atoms with Crippen LogP contribution in [0.25, 0.3) is 0 Å². The van der Waals surface area contributed by atoms with Crippen LogP contribution in [0.2, 0.25) is 10.0 Å². The van der Waals surface area contributed by atoms with Gasteiger partial charge in [0, 0.05) is 13.1 Å². The van der Waals surface area contributed by atoms with Gasteiger partial charge < -0.3 is 10.0 Å². The van der Waals surface area contributed by atoms with E-state index in [9.17, 15) is 4.79 Å². The molecule has 0 bridgehead atoms. The molecule has 0 aromatic heterocycles. The van der Waals surface area contributed by atoms with Crippen LogP contribution in [-0.2, 0) is 4.79 Å². The minimum absolute atomic E-state index is 0.0800. The average Bonchev–Trinajstić information content (AvgIpc) is 2.24. The number of halogens is 2. The largest absolute Gasteiger partial charge is 0.481 e. The molecular formula is C11H13Cl2NO2. The summed E-state index contributed by atoms with van der Waals surface area (Å²) in [5.41, 5.74) is 0.776. The van der Waals surface area contributed by atoms with Gasteiger partial charge in [0.05, 0.1) is 22.2 Å². The van der Waals surface area contributed by atoms with Crippen molar-refractivity contribution in [2.24, 2.45) is 0 Å². The highest BCUT2D eigenvalue weighted by atomic mass is 35.5. The van der Waals surface area contributed by atoms with Gasteiger partial charge in [-0.1, -0.05) is 29.3 Å². The van der Waals surface area contributed by atoms with Gasteiger partial charge in [-0.05, 0) is 19.1 Å². The summed E-state index contributed by atoms with van der Waals surface area (Å²) in [7, 11) is 0. The van der Waals surface area contributed by atoms with E-state index in [1.165, 1.54) is 0 Å². The summed E-state index contributed by atoms with van der Waals surface area (Å²) in [6.45, 7) is 3.05. The topological polar surface area (TPSA) is 40.5 Å². The lowest BCUT2D eigenvalue weighted by atomic mass is 10.2. The highest BCUT2D eigenvalue weighted by molar-refractivity contribution is 6.43. The maximum atomic E-state index is 10.5. The quantitative estimate of drug-likeness (QED) is 0.885. The fourth-order valence-electron chi connectivity index (χ4n) is 1.42. The number of carboxylic acid groups (broad SMARTS) is 1.